The van der Waals surface area contributed by atoms with Crippen molar-refractivity contribution in [3.8, 4) is 5.75 Å². The van der Waals surface area contributed by atoms with Gasteiger partial charge >= 0.3 is 0 Å². The van der Waals surface area contributed by atoms with Crippen molar-refractivity contribution in [2.24, 2.45) is 0 Å². The molecule has 0 heterocycles. The van der Waals surface area contributed by atoms with Crippen molar-refractivity contribution in [1.82, 2.24) is 0 Å². The first-order valence-electron chi connectivity index (χ1n) is 8.41. The van der Waals surface area contributed by atoms with Gasteiger partial charge in [-0.2, -0.15) is 0 Å². The van der Waals surface area contributed by atoms with Gasteiger partial charge in [0, 0.05) is 5.56 Å². The summed E-state index contributed by atoms with van der Waals surface area (Å²) >= 11 is 0. The zero-order chi connectivity index (χ0) is 16.7. The van der Waals surface area contributed by atoms with Crippen LogP contribution in [0.15, 0.2) is 18.2 Å². The molecule has 1 rings (SSSR count). The fourth-order valence-electron chi connectivity index (χ4n) is 2.52. The van der Waals surface area contributed by atoms with Crippen LogP contribution in [0.2, 0.25) is 0 Å². The van der Waals surface area contributed by atoms with Crippen LogP contribution in [0, 0.1) is 0 Å². The normalized spacial score (nSPS) is 12.1. The Hall–Kier alpha value is -1.57. The standard InChI is InChI=1S/C20H30O2/c1-7-11-22-20-18(15(5)6)12-17(14(3)4)13-19(20)16(8-2)9-10-21/h9-10,12-15H,7-8,11H2,1-6H3. The number of benzene rings is 1. The largest absolute Gasteiger partial charge is 0.493 e. The van der Waals surface area contributed by atoms with Gasteiger partial charge in [0.2, 0.25) is 0 Å². The summed E-state index contributed by atoms with van der Waals surface area (Å²) in [7, 11) is 0. The molecule has 0 N–H and O–H groups in total. The van der Waals surface area contributed by atoms with E-state index in [2.05, 4.69) is 53.7 Å². The highest BCUT2D eigenvalue weighted by atomic mass is 16.5. The molecule has 0 saturated heterocycles. The van der Waals surface area contributed by atoms with Gasteiger partial charge in [-0.1, -0.05) is 47.6 Å². The monoisotopic (exact) mass is 302 g/mol. The third kappa shape index (κ3) is 4.46. The summed E-state index contributed by atoms with van der Waals surface area (Å²) in [5.74, 6) is 1.79. The summed E-state index contributed by atoms with van der Waals surface area (Å²) in [6.07, 6.45) is 4.34. The minimum Gasteiger partial charge on any atom is -0.493 e. The lowest BCUT2D eigenvalue weighted by atomic mass is 9.88. The average Bonchev–Trinajstić information content (AvgIpc) is 2.49. The molecule has 2 heteroatoms. The summed E-state index contributed by atoms with van der Waals surface area (Å²) < 4.78 is 6.09. The van der Waals surface area contributed by atoms with Crippen LogP contribution in [-0.2, 0) is 4.79 Å². The number of aldehydes is 1. The van der Waals surface area contributed by atoms with Gasteiger partial charge in [0.05, 0.1) is 6.61 Å². The molecule has 0 saturated carbocycles. The molecule has 0 atom stereocenters. The van der Waals surface area contributed by atoms with E-state index >= 15 is 0 Å². The predicted octanol–water partition coefficient (Wildman–Crippen LogP) is 5.71. The van der Waals surface area contributed by atoms with Crippen LogP contribution in [-0.4, -0.2) is 12.9 Å². The van der Waals surface area contributed by atoms with Gasteiger partial charge in [0.15, 0.2) is 0 Å². The Morgan fingerprint density at radius 1 is 1.14 bits per heavy atom. The second-order valence-electron chi connectivity index (χ2n) is 6.33. The number of allylic oxidation sites excluding steroid dienone is 2. The number of ether oxygens (including phenoxy) is 1. The van der Waals surface area contributed by atoms with Crippen LogP contribution in [0.5, 0.6) is 5.75 Å². The lowest BCUT2D eigenvalue weighted by Crippen LogP contribution is -2.06. The Morgan fingerprint density at radius 2 is 1.82 bits per heavy atom. The summed E-state index contributed by atoms with van der Waals surface area (Å²) in [5.41, 5.74) is 4.66. The molecule has 0 aromatic heterocycles. The van der Waals surface area contributed by atoms with Crippen molar-refractivity contribution in [2.75, 3.05) is 6.61 Å². The van der Waals surface area contributed by atoms with E-state index in [1.165, 1.54) is 11.1 Å². The molecule has 0 spiro atoms. The number of rotatable bonds is 8. The smallest absolute Gasteiger partial charge is 0.143 e. The quantitative estimate of drug-likeness (QED) is 0.454. The topological polar surface area (TPSA) is 26.3 Å². The molecule has 0 aliphatic rings. The second kappa shape index (κ2) is 8.77. The summed E-state index contributed by atoms with van der Waals surface area (Å²) in [4.78, 5) is 11.0. The minimum atomic E-state index is 0.388. The lowest BCUT2D eigenvalue weighted by Gasteiger charge is -2.22. The van der Waals surface area contributed by atoms with Crippen LogP contribution in [0.25, 0.3) is 5.57 Å². The van der Waals surface area contributed by atoms with Gasteiger partial charge < -0.3 is 4.74 Å². The van der Waals surface area contributed by atoms with E-state index in [0.717, 1.165) is 36.0 Å². The Kier molecular flexibility index (Phi) is 7.37. The van der Waals surface area contributed by atoms with Gasteiger partial charge in [-0.15, -0.1) is 0 Å². The maximum Gasteiger partial charge on any atom is 0.143 e. The van der Waals surface area contributed by atoms with Gasteiger partial charge in [0.25, 0.3) is 0 Å². The van der Waals surface area contributed by atoms with Gasteiger partial charge in [-0.05, 0) is 53.5 Å². The van der Waals surface area contributed by atoms with Crippen molar-refractivity contribution in [2.45, 2.75) is 66.2 Å². The molecule has 0 aliphatic heterocycles. The van der Waals surface area contributed by atoms with Crippen LogP contribution < -0.4 is 4.74 Å². The van der Waals surface area contributed by atoms with Crippen molar-refractivity contribution in [1.29, 1.82) is 0 Å². The maximum absolute atomic E-state index is 11.0. The number of hydrogen-bond donors (Lipinski definition) is 0. The van der Waals surface area contributed by atoms with E-state index in [1.54, 1.807) is 6.08 Å². The number of hydrogen-bond acceptors (Lipinski definition) is 2. The zero-order valence-electron chi connectivity index (χ0n) is 14.9. The molecule has 0 radical (unpaired) electrons. The van der Waals surface area contributed by atoms with Gasteiger partial charge in [-0.25, -0.2) is 0 Å². The van der Waals surface area contributed by atoms with Crippen molar-refractivity contribution in [3.05, 3.63) is 34.9 Å². The molecule has 0 amide bonds. The average molecular weight is 302 g/mol. The fourth-order valence-corrected chi connectivity index (χ4v) is 2.52. The summed E-state index contributed by atoms with van der Waals surface area (Å²) in [6, 6.07) is 4.46. The second-order valence-corrected chi connectivity index (χ2v) is 6.33. The van der Waals surface area contributed by atoms with E-state index in [4.69, 9.17) is 4.74 Å². The highest BCUT2D eigenvalue weighted by molar-refractivity contribution is 5.84. The van der Waals surface area contributed by atoms with Gasteiger partial charge in [0.1, 0.15) is 12.0 Å². The molecular weight excluding hydrogens is 272 g/mol. The van der Waals surface area contributed by atoms with Crippen molar-refractivity contribution in [3.63, 3.8) is 0 Å². The number of carbonyl (C=O) groups is 1. The third-order valence-electron chi connectivity index (χ3n) is 3.88. The van der Waals surface area contributed by atoms with E-state index in [0.29, 0.717) is 18.4 Å². The van der Waals surface area contributed by atoms with Crippen LogP contribution >= 0.6 is 0 Å². The molecule has 0 aliphatic carbocycles. The summed E-state index contributed by atoms with van der Waals surface area (Å²) in [5, 5.41) is 0. The maximum atomic E-state index is 11.0. The fraction of sp³-hybridized carbons (Fsp3) is 0.550. The molecule has 0 unspecified atom stereocenters. The van der Waals surface area contributed by atoms with E-state index in [1.807, 2.05) is 0 Å². The predicted molar refractivity (Wildman–Crippen MR) is 94.7 cm³/mol. The molecule has 1 aromatic rings. The summed E-state index contributed by atoms with van der Waals surface area (Å²) in [6.45, 7) is 13.7. The lowest BCUT2D eigenvalue weighted by molar-refractivity contribution is -0.104. The SMILES string of the molecule is CCCOc1c(C(=CC=O)CC)cc(C(C)C)cc1C(C)C. The molecule has 1 aromatic carbocycles. The molecule has 122 valence electrons. The van der Waals surface area contributed by atoms with Crippen LogP contribution in [0.3, 0.4) is 0 Å². The Morgan fingerprint density at radius 3 is 2.27 bits per heavy atom. The first-order valence-corrected chi connectivity index (χ1v) is 8.41. The Balaban J connectivity index is 3.59. The highest BCUT2D eigenvalue weighted by Gasteiger charge is 2.18. The highest BCUT2D eigenvalue weighted by Crippen LogP contribution is 2.38. The third-order valence-corrected chi connectivity index (χ3v) is 3.88. The van der Waals surface area contributed by atoms with Gasteiger partial charge in [-0.3, -0.25) is 4.79 Å². The molecule has 22 heavy (non-hydrogen) atoms. The van der Waals surface area contributed by atoms with E-state index < -0.39 is 0 Å². The molecule has 0 bridgehead atoms. The van der Waals surface area contributed by atoms with Crippen LogP contribution in [0.1, 0.15) is 82.9 Å². The van der Waals surface area contributed by atoms with E-state index in [9.17, 15) is 4.79 Å². The minimum absolute atomic E-state index is 0.388. The molecule has 0 fully saturated rings. The van der Waals surface area contributed by atoms with Crippen molar-refractivity contribution < 1.29 is 9.53 Å². The first-order chi connectivity index (χ1) is 10.5. The first kappa shape index (κ1) is 18.5. The molecule has 2 nitrogen and oxygen atoms in total. The van der Waals surface area contributed by atoms with Crippen molar-refractivity contribution >= 4 is 11.9 Å². The zero-order valence-corrected chi connectivity index (χ0v) is 14.9. The number of carbonyl (C=O) groups excluding carboxylic acids is 1. The van der Waals surface area contributed by atoms with E-state index in [-0.39, 0.29) is 0 Å². The Bertz CT molecular complexity index is 525. The van der Waals surface area contributed by atoms with Crippen LogP contribution in [0.4, 0.5) is 0 Å². The molecular formula is C20H30O2. The Labute approximate surface area is 135 Å².